The average Bonchev–Trinajstić information content (AvgIpc) is 2.51. The quantitative estimate of drug-likeness (QED) is 0.459. The molecule has 0 amide bonds. The number of phenols is 2. The Balaban J connectivity index is 0.000000251. The van der Waals surface area contributed by atoms with Gasteiger partial charge < -0.3 is 20.4 Å². The van der Waals surface area contributed by atoms with E-state index in [1.54, 1.807) is 0 Å². The van der Waals surface area contributed by atoms with Gasteiger partial charge >= 0.3 is 17.6 Å². The number of rotatable bonds is 3. The van der Waals surface area contributed by atoms with Crippen LogP contribution >= 0.6 is 23.2 Å². The first-order chi connectivity index (χ1) is 11.5. The maximum Gasteiger partial charge on any atom is 0.339 e. The summed E-state index contributed by atoms with van der Waals surface area (Å²) in [6.07, 6.45) is 0. The first kappa shape index (κ1) is 20.0. The standard InChI is InChI=1S/C7H4Cl2O3.C7H5NO5/c8-3-1-4(7(11)12)6(10)5(9)2-3;9-6-2-1-4(7(10)11)3-5(6)8(12)13/h1-2,10H,(H,11,12);1-3,9H,(H,10,11). The number of carboxylic acid groups (broad SMARTS) is 2. The minimum absolute atomic E-state index is 0.0695. The molecule has 0 unspecified atom stereocenters. The highest BCUT2D eigenvalue weighted by molar-refractivity contribution is 6.36. The van der Waals surface area contributed by atoms with Crippen molar-refractivity contribution in [2.75, 3.05) is 0 Å². The molecule has 11 heteroatoms. The van der Waals surface area contributed by atoms with E-state index in [0.29, 0.717) is 0 Å². The molecular weight excluding hydrogens is 381 g/mol. The fraction of sp³-hybridized carbons (Fsp3) is 0. The Morgan fingerprint density at radius 1 is 1.00 bits per heavy atom. The van der Waals surface area contributed by atoms with Gasteiger partial charge in [-0.25, -0.2) is 9.59 Å². The summed E-state index contributed by atoms with van der Waals surface area (Å²) in [5.74, 6) is -3.55. The normalized spacial score (nSPS) is 9.68. The highest BCUT2D eigenvalue weighted by Gasteiger charge is 2.16. The molecule has 0 bridgehead atoms. The third-order valence-corrected chi connectivity index (χ3v) is 3.18. The third kappa shape index (κ3) is 5.23. The summed E-state index contributed by atoms with van der Waals surface area (Å²) in [5.41, 5.74) is -1.14. The van der Waals surface area contributed by atoms with Gasteiger partial charge in [0, 0.05) is 11.1 Å². The number of halogens is 2. The Kier molecular flexibility index (Phi) is 6.54. The molecule has 25 heavy (non-hydrogen) atoms. The van der Waals surface area contributed by atoms with Gasteiger partial charge in [0.25, 0.3) is 0 Å². The van der Waals surface area contributed by atoms with Gasteiger partial charge in [-0.3, -0.25) is 10.1 Å². The van der Waals surface area contributed by atoms with E-state index in [9.17, 15) is 19.7 Å². The Hall–Kier alpha value is -3.04. The predicted molar refractivity (Wildman–Crippen MR) is 86.8 cm³/mol. The monoisotopic (exact) mass is 389 g/mol. The lowest BCUT2D eigenvalue weighted by Gasteiger charge is -2.01. The van der Waals surface area contributed by atoms with Crippen molar-refractivity contribution in [1.29, 1.82) is 0 Å². The van der Waals surface area contributed by atoms with E-state index in [2.05, 4.69) is 0 Å². The van der Waals surface area contributed by atoms with Crippen molar-refractivity contribution in [2.45, 2.75) is 0 Å². The maximum atomic E-state index is 10.4. The summed E-state index contributed by atoms with van der Waals surface area (Å²) in [6, 6.07) is 5.26. The number of carboxylic acids is 2. The topological polar surface area (TPSA) is 158 Å². The molecule has 0 heterocycles. The zero-order valence-electron chi connectivity index (χ0n) is 12.0. The smallest absolute Gasteiger partial charge is 0.339 e. The summed E-state index contributed by atoms with van der Waals surface area (Å²) in [4.78, 5) is 30.2. The average molecular weight is 390 g/mol. The minimum Gasteiger partial charge on any atom is -0.505 e. The van der Waals surface area contributed by atoms with Crippen LogP contribution in [0.5, 0.6) is 11.5 Å². The number of hydrogen-bond acceptors (Lipinski definition) is 6. The Labute approximate surface area is 149 Å². The SMILES string of the molecule is O=C(O)c1cc(Cl)cc(Cl)c1O.O=C(O)c1ccc(O)c([N+](=O)[O-])c1. The molecule has 0 saturated carbocycles. The second-order valence-corrected chi connectivity index (χ2v) is 5.20. The van der Waals surface area contributed by atoms with Gasteiger partial charge in [0.2, 0.25) is 0 Å². The van der Waals surface area contributed by atoms with Gasteiger partial charge in [0.15, 0.2) is 5.75 Å². The Morgan fingerprint density at radius 3 is 2.08 bits per heavy atom. The fourth-order valence-corrected chi connectivity index (χ4v) is 2.03. The number of phenolic OH excluding ortho intramolecular Hbond substituents is 1. The first-order valence-electron chi connectivity index (χ1n) is 6.16. The molecule has 2 aromatic rings. The van der Waals surface area contributed by atoms with E-state index in [0.717, 1.165) is 24.3 Å². The number of nitrogens with zero attached hydrogens (tertiary/aromatic N) is 1. The van der Waals surface area contributed by atoms with Crippen LogP contribution in [0.4, 0.5) is 5.69 Å². The van der Waals surface area contributed by atoms with Crippen molar-refractivity contribution < 1.29 is 34.9 Å². The van der Waals surface area contributed by atoms with Crippen molar-refractivity contribution in [3.63, 3.8) is 0 Å². The number of nitro benzene ring substituents is 1. The van der Waals surface area contributed by atoms with Crippen LogP contribution in [-0.2, 0) is 0 Å². The number of aromatic hydroxyl groups is 2. The van der Waals surface area contributed by atoms with E-state index < -0.39 is 34.0 Å². The summed E-state index contributed by atoms with van der Waals surface area (Å²) < 4.78 is 0. The molecule has 2 aromatic carbocycles. The molecular formula is C14H9Cl2NO8. The van der Waals surface area contributed by atoms with E-state index in [1.807, 2.05) is 0 Å². The molecule has 0 aliphatic heterocycles. The molecule has 0 fully saturated rings. The van der Waals surface area contributed by atoms with Crippen molar-refractivity contribution in [2.24, 2.45) is 0 Å². The molecule has 0 saturated heterocycles. The molecule has 2 rings (SSSR count). The molecule has 0 aliphatic rings. The summed E-state index contributed by atoms with van der Waals surface area (Å²) >= 11 is 11.0. The van der Waals surface area contributed by atoms with Crippen molar-refractivity contribution in [3.8, 4) is 11.5 Å². The van der Waals surface area contributed by atoms with Crippen LogP contribution < -0.4 is 0 Å². The molecule has 4 N–H and O–H groups in total. The number of hydrogen-bond donors (Lipinski definition) is 4. The van der Waals surface area contributed by atoms with Crippen LogP contribution in [0.1, 0.15) is 20.7 Å². The van der Waals surface area contributed by atoms with E-state index in [-0.39, 0.29) is 21.2 Å². The van der Waals surface area contributed by atoms with Crippen LogP contribution in [0.2, 0.25) is 10.0 Å². The molecule has 132 valence electrons. The summed E-state index contributed by atoms with van der Waals surface area (Å²) in [5, 5.41) is 45.4. The van der Waals surface area contributed by atoms with Crippen LogP contribution in [0.25, 0.3) is 0 Å². The van der Waals surface area contributed by atoms with Gasteiger partial charge in [-0.05, 0) is 24.3 Å². The van der Waals surface area contributed by atoms with Crippen LogP contribution in [-0.4, -0.2) is 37.3 Å². The van der Waals surface area contributed by atoms with Crippen molar-refractivity contribution in [1.82, 2.24) is 0 Å². The van der Waals surface area contributed by atoms with Gasteiger partial charge in [-0.2, -0.15) is 0 Å². The summed E-state index contributed by atoms with van der Waals surface area (Å²) in [7, 11) is 0. The fourth-order valence-electron chi connectivity index (χ4n) is 1.53. The number of carbonyl (C=O) groups is 2. The lowest BCUT2D eigenvalue weighted by Crippen LogP contribution is -1.97. The maximum absolute atomic E-state index is 10.4. The lowest BCUT2D eigenvalue weighted by atomic mass is 10.2. The molecule has 9 nitrogen and oxygen atoms in total. The van der Waals surface area contributed by atoms with Gasteiger partial charge in [0.1, 0.15) is 11.3 Å². The van der Waals surface area contributed by atoms with Gasteiger partial charge in [-0.1, -0.05) is 23.2 Å². The molecule has 0 atom stereocenters. The Bertz CT molecular complexity index is 853. The zero-order valence-corrected chi connectivity index (χ0v) is 13.5. The van der Waals surface area contributed by atoms with Crippen LogP contribution in [0.15, 0.2) is 30.3 Å². The second kappa shape index (κ2) is 8.18. The number of nitro groups is 1. The summed E-state index contributed by atoms with van der Waals surface area (Å²) in [6.45, 7) is 0. The largest absolute Gasteiger partial charge is 0.505 e. The van der Waals surface area contributed by atoms with Gasteiger partial charge in [-0.15, -0.1) is 0 Å². The van der Waals surface area contributed by atoms with E-state index >= 15 is 0 Å². The number of benzene rings is 2. The second-order valence-electron chi connectivity index (χ2n) is 4.35. The first-order valence-corrected chi connectivity index (χ1v) is 6.92. The highest BCUT2D eigenvalue weighted by Crippen LogP contribution is 2.30. The van der Waals surface area contributed by atoms with E-state index in [4.69, 9.17) is 43.6 Å². The molecule has 0 aliphatic carbocycles. The van der Waals surface area contributed by atoms with Gasteiger partial charge in [0.05, 0.1) is 15.5 Å². The molecule has 0 radical (unpaired) electrons. The predicted octanol–water partition coefficient (Wildman–Crippen LogP) is 3.40. The molecule has 0 spiro atoms. The molecule has 0 aromatic heterocycles. The zero-order chi connectivity index (χ0) is 19.3. The van der Waals surface area contributed by atoms with Crippen LogP contribution in [0.3, 0.4) is 0 Å². The van der Waals surface area contributed by atoms with E-state index in [1.165, 1.54) is 6.07 Å². The van der Waals surface area contributed by atoms with Crippen LogP contribution in [0, 0.1) is 10.1 Å². The third-order valence-electron chi connectivity index (χ3n) is 2.68. The van der Waals surface area contributed by atoms with Crippen molar-refractivity contribution >= 4 is 40.8 Å². The number of aromatic carboxylic acids is 2. The minimum atomic E-state index is -1.27. The highest BCUT2D eigenvalue weighted by atomic mass is 35.5. The Morgan fingerprint density at radius 2 is 1.60 bits per heavy atom. The van der Waals surface area contributed by atoms with Crippen molar-refractivity contribution in [3.05, 3.63) is 61.6 Å². The lowest BCUT2D eigenvalue weighted by molar-refractivity contribution is -0.385.